The average molecular weight is 883 g/mol. The predicted octanol–water partition coefficient (Wildman–Crippen LogP) is 10.6. The first kappa shape index (κ1) is 50.1. The molecule has 0 fully saturated rings. The zero-order chi connectivity index (χ0) is 38.9. The van der Waals surface area contributed by atoms with Crippen LogP contribution in [0.3, 0.4) is 0 Å². The summed E-state index contributed by atoms with van der Waals surface area (Å²) >= 11 is 0. The molecule has 0 heterocycles. The van der Waals surface area contributed by atoms with Gasteiger partial charge in [0.2, 0.25) is 0 Å². The van der Waals surface area contributed by atoms with Gasteiger partial charge in [-0.15, -0.1) is 5.75 Å². The second kappa shape index (κ2) is 23.8. The first-order chi connectivity index (χ1) is 23.6. The molecule has 0 saturated heterocycles. The fourth-order valence-corrected chi connectivity index (χ4v) is 6.36. The van der Waals surface area contributed by atoms with Crippen LogP contribution in [0.1, 0.15) is 75.8 Å². The maximum Gasteiger partial charge on any atom is 3.00 e. The summed E-state index contributed by atoms with van der Waals surface area (Å²) in [6.07, 6.45) is 0.884. The molecule has 3 rings (SSSR count). The first-order valence-electron chi connectivity index (χ1n) is 18.0. The maximum absolute atomic E-state index is 12.4. The van der Waals surface area contributed by atoms with Crippen LogP contribution in [0.4, 0.5) is 0 Å². The van der Waals surface area contributed by atoms with Crippen molar-refractivity contribution in [1.29, 1.82) is 0 Å². The van der Waals surface area contributed by atoms with E-state index in [9.17, 15) is 5.11 Å². The molecule has 0 aromatic heterocycles. The normalized spacial score (nSPS) is 12.4. The van der Waals surface area contributed by atoms with Crippen molar-refractivity contribution >= 4 is 28.1 Å². The smallest absolute Gasteiger partial charge is 0.872 e. The van der Waals surface area contributed by atoms with Crippen molar-refractivity contribution in [1.82, 2.24) is 0 Å². The molecular formula is C42H67N4O3Si2Sm. The van der Waals surface area contributed by atoms with Crippen molar-refractivity contribution in [2.45, 2.75) is 105 Å². The van der Waals surface area contributed by atoms with Crippen LogP contribution in [-0.2, 0) is 20.3 Å². The summed E-state index contributed by atoms with van der Waals surface area (Å²) in [7, 11) is 0.0954. The van der Waals surface area contributed by atoms with Gasteiger partial charge >= 0.3 is 40.4 Å². The van der Waals surface area contributed by atoms with E-state index in [0.717, 1.165) is 53.4 Å². The molecule has 0 N–H and O–H groups in total. The van der Waals surface area contributed by atoms with E-state index < -0.39 is 16.5 Å². The van der Waals surface area contributed by atoms with Crippen molar-refractivity contribution in [3.05, 3.63) is 111 Å². The molecule has 0 aliphatic heterocycles. The van der Waals surface area contributed by atoms with E-state index in [1.165, 1.54) is 5.56 Å². The SMILES string of the molecule is COCCOC.C[Si](C)(C)[N-]C(=NCCCN=C([N-][Si](C)(C)C)c1ccccc1)c1ccccc1.Cc1cc(C(C)(C)C)c([O-])c(C(C)(C)C)c1.[Sm+3]. The number of rotatable bonds is 11. The molecule has 0 saturated carbocycles. The Labute approximate surface area is 352 Å². The van der Waals surface area contributed by atoms with Crippen molar-refractivity contribution in [2.24, 2.45) is 9.98 Å². The van der Waals surface area contributed by atoms with Crippen LogP contribution in [0.25, 0.3) is 9.96 Å². The minimum Gasteiger partial charge on any atom is -0.872 e. The number of benzene rings is 3. The number of aliphatic imine (C=N–C) groups is 2. The molecule has 0 unspecified atom stereocenters. The van der Waals surface area contributed by atoms with Gasteiger partial charge in [0.25, 0.3) is 0 Å². The molecule has 1 radical (unpaired) electrons. The monoisotopic (exact) mass is 883 g/mol. The second-order valence-electron chi connectivity index (χ2n) is 16.7. The molecule has 0 amide bonds. The summed E-state index contributed by atoms with van der Waals surface area (Å²) in [5.41, 5.74) is 5.06. The maximum atomic E-state index is 12.4. The van der Waals surface area contributed by atoms with Gasteiger partial charge in [0.1, 0.15) is 0 Å². The van der Waals surface area contributed by atoms with E-state index in [1.807, 2.05) is 48.5 Å². The summed E-state index contributed by atoms with van der Waals surface area (Å²) in [6, 6.07) is 24.6. The van der Waals surface area contributed by atoms with Gasteiger partial charge in [0, 0.05) is 30.7 Å². The van der Waals surface area contributed by atoms with Gasteiger partial charge in [-0.05, 0) is 40.0 Å². The van der Waals surface area contributed by atoms with Gasteiger partial charge in [-0.1, -0.05) is 190 Å². The van der Waals surface area contributed by atoms with Crippen LogP contribution in [0.2, 0.25) is 39.3 Å². The number of ether oxygens (including phenoxy) is 2. The van der Waals surface area contributed by atoms with Crippen LogP contribution in [-0.4, -0.2) is 68.7 Å². The van der Waals surface area contributed by atoms with Crippen LogP contribution >= 0.6 is 0 Å². The Morgan fingerprint density at radius 1 is 0.635 bits per heavy atom. The Hall–Kier alpha value is -1.91. The van der Waals surface area contributed by atoms with Crippen molar-refractivity contribution in [2.75, 3.05) is 40.5 Å². The third-order valence-electron chi connectivity index (χ3n) is 7.13. The topological polar surface area (TPSA) is 94.4 Å². The summed E-state index contributed by atoms with van der Waals surface area (Å²) < 4.78 is 9.31. The Morgan fingerprint density at radius 2 is 0.962 bits per heavy atom. The standard InChI is InChI=1S/C23H34N4Si2.C15H24O.C4H10O2.Sm/c1-28(2,3)26-22(20-14-9-7-10-15-20)24-18-13-19-25-23(27-29(4,5)6)21-16-11-8-12-17-21;1-10-8-11(14(2,3)4)13(16)12(9-10)15(5,6)7;1-5-3-4-6-2;/h7-12,14-17H,13,18-19H2,1-6H3;8-9,16H,1-7H3;3-4H2,1-2H3;/q-2;;;+3/p-1. The molecule has 7 nitrogen and oxygen atoms in total. The third kappa shape index (κ3) is 21.1. The largest absolute Gasteiger partial charge is 3.00 e. The molecule has 3 aromatic carbocycles. The van der Waals surface area contributed by atoms with E-state index >= 15 is 0 Å². The Morgan fingerprint density at radius 3 is 1.23 bits per heavy atom. The van der Waals surface area contributed by atoms with Gasteiger partial charge < -0.3 is 34.5 Å². The molecule has 0 spiro atoms. The van der Waals surface area contributed by atoms with Crippen molar-refractivity contribution in [3.63, 3.8) is 0 Å². The van der Waals surface area contributed by atoms with Gasteiger partial charge in [-0.3, -0.25) is 0 Å². The van der Waals surface area contributed by atoms with Gasteiger partial charge in [-0.25, -0.2) is 0 Å². The zero-order valence-electron chi connectivity index (χ0n) is 34.9. The van der Waals surface area contributed by atoms with Crippen LogP contribution in [0, 0.1) is 47.3 Å². The summed E-state index contributed by atoms with van der Waals surface area (Å²) in [5, 5.41) is 12.4. The van der Waals surface area contributed by atoms with Crippen LogP contribution < -0.4 is 5.11 Å². The molecular weight excluding hydrogens is 815 g/mol. The zero-order valence-corrected chi connectivity index (χ0v) is 39.5. The van der Waals surface area contributed by atoms with E-state index in [-0.39, 0.29) is 57.0 Å². The van der Waals surface area contributed by atoms with Gasteiger partial charge in [-0.2, -0.15) is 0 Å². The van der Waals surface area contributed by atoms with Crippen LogP contribution in [0.5, 0.6) is 5.75 Å². The van der Waals surface area contributed by atoms with Crippen molar-refractivity contribution < 1.29 is 55.0 Å². The Balaban J connectivity index is 0.000000947. The van der Waals surface area contributed by atoms with E-state index in [4.69, 9.17) is 19.9 Å². The Bertz CT molecular complexity index is 1380. The minimum atomic E-state index is -1.60. The number of aryl methyl sites for hydroxylation is 1. The minimum absolute atomic E-state index is 0. The fraction of sp³-hybridized carbons (Fsp3) is 0.524. The Kier molecular flexibility index (Phi) is 22.9. The van der Waals surface area contributed by atoms with Gasteiger partial charge in [0.15, 0.2) is 0 Å². The second-order valence-corrected chi connectivity index (χ2v) is 25.9. The first-order valence-corrected chi connectivity index (χ1v) is 24.9. The average Bonchev–Trinajstić information content (AvgIpc) is 3.02. The van der Waals surface area contributed by atoms with E-state index in [2.05, 4.69) is 121 Å². The van der Waals surface area contributed by atoms with Crippen molar-refractivity contribution in [3.8, 4) is 5.75 Å². The number of methoxy groups -OCH3 is 2. The molecule has 0 aliphatic rings. The van der Waals surface area contributed by atoms with E-state index in [1.54, 1.807) is 14.2 Å². The molecule has 0 bridgehead atoms. The van der Waals surface area contributed by atoms with E-state index in [0.29, 0.717) is 13.2 Å². The summed E-state index contributed by atoms with van der Waals surface area (Å²) in [4.78, 5) is 19.5. The molecule has 0 atom stereocenters. The number of nitrogens with zero attached hydrogens (tertiary/aromatic N) is 4. The number of hydrogen-bond acceptors (Lipinski definition) is 5. The van der Waals surface area contributed by atoms with Crippen LogP contribution in [0.15, 0.2) is 82.8 Å². The number of amidine groups is 2. The molecule has 52 heavy (non-hydrogen) atoms. The molecule has 3 aromatic rings. The summed E-state index contributed by atoms with van der Waals surface area (Å²) in [6.45, 7) is 30.9. The molecule has 287 valence electrons. The summed E-state index contributed by atoms with van der Waals surface area (Å²) in [5.74, 6) is 1.97. The van der Waals surface area contributed by atoms with Gasteiger partial charge in [0.05, 0.1) is 13.2 Å². The predicted molar refractivity (Wildman–Crippen MR) is 225 cm³/mol. The number of hydrogen-bond donors (Lipinski definition) is 0. The third-order valence-corrected chi connectivity index (χ3v) is 8.89. The quantitative estimate of drug-likeness (QED) is 0.0831. The fourth-order valence-electron chi connectivity index (χ4n) is 4.69. The molecule has 10 heteroatoms. The molecule has 0 aliphatic carbocycles.